The molecule has 0 saturated heterocycles. The molecule has 0 aliphatic heterocycles. The smallest absolute Gasteiger partial charge is 0.269 e. The van der Waals surface area contributed by atoms with Crippen molar-refractivity contribution in [1.29, 1.82) is 0 Å². The van der Waals surface area contributed by atoms with Gasteiger partial charge in [-0.2, -0.15) is 5.10 Å². The van der Waals surface area contributed by atoms with Gasteiger partial charge in [0, 0.05) is 19.6 Å². The zero-order chi connectivity index (χ0) is 12.1. The lowest BCUT2D eigenvalue weighted by Crippen LogP contribution is -2.32. The summed E-state index contributed by atoms with van der Waals surface area (Å²) in [5, 5.41) is 7.12. The van der Waals surface area contributed by atoms with Crippen molar-refractivity contribution in [2.24, 2.45) is 0 Å². The maximum Gasteiger partial charge on any atom is 0.269 e. The van der Waals surface area contributed by atoms with Gasteiger partial charge in [-0.3, -0.25) is 9.48 Å². The maximum absolute atomic E-state index is 11.8. The van der Waals surface area contributed by atoms with E-state index in [4.69, 9.17) is 0 Å². The molecule has 1 aromatic rings. The van der Waals surface area contributed by atoms with E-state index in [9.17, 15) is 4.79 Å². The summed E-state index contributed by atoms with van der Waals surface area (Å²) in [4.78, 5) is 13.9. The molecule has 1 heterocycles. The Morgan fingerprint density at radius 2 is 2.25 bits per heavy atom. The molecule has 16 heavy (non-hydrogen) atoms. The van der Waals surface area contributed by atoms with E-state index >= 15 is 0 Å². The second-order valence-corrected chi connectivity index (χ2v) is 4.05. The first kappa shape index (κ1) is 12.7. The molecule has 0 spiro atoms. The number of rotatable bonds is 5. The molecule has 5 heteroatoms. The number of aromatic nitrogens is 2. The van der Waals surface area contributed by atoms with Crippen LogP contribution in [0, 0.1) is 6.92 Å². The topological polar surface area (TPSA) is 50.2 Å². The summed E-state index contributed by atoms with van der Waals surface area (Å²) in [6.45, 7) is 6.07. The third-order valence-electron chi connectivity index (χ3n) is 2.28. The molecule has 1 amide bonds. The minimum atomic E-state index is -0.0516. The van der Waals surface area contributed by atoms with Crippen molar-refractivity contribution in [3.05, 3.63) is 17.5 Å². The van der Waals surface area contributed by atoms with Gasteiger partial charge in [-0.15, -0.1) is 0 Å². The lowest BCUT2D eigenvalue weighted by molar-refractivity contribution is 0.0940. The van der Waals surface area contributed by atoms with Crippen LogP contribution in [0.4, 0.5) is 0 Å². The Morgan fingerprint density at radius 3 is 2.81 bits per heavy atom. The van der Waals surface area contributed by atoms with Crippen LogP contribution in [0.2, 0.25) is 0 Å². The second kappa shape index (κ2) is 5.65. The molecule has 90 valence electrons. The van der Waals surface area contributed by atoms with Crippen LogP contribution in [0.5, 0.6) is 0 Å². The van der Waals surface area contributed by atoms with E-state index in [0.29, 0.717) is 18.8 Å². The lowest BCUT2D eigenvalue weighted by atomic mass is 10.3. The van der Waals surface area contributed by atoms with Crippen LogP contribution >= 0.6 is 0 Å². The molecule has 1 aromatic heterocycles. The molecule has 0 atom stereocenters. The standard InChI is InChI=1S/C11H20N4O/c1-5-15-10(8-9(2)13-15)11(16)12-6-7-14(3)4/h8H,5-7H2,1-4H3,(H,12,16). The summed E-state index contributed by atoms with van der Waals surface area (Å²) >= 11 is 0. The van der Waals surface area contributed by atoms with Gasteiger partial charge in [0.1, 0.15) is 5.69 Å². The third-order valence-corrected chi connectivity index (χ3v) is 2.28. The molecule has 0 aromatic carbocycles. The van der Waals surface area contributed by atoms with Gasteiger partial charge in [-0.25, -0.2) is 0 Å². The number of amides is 1. The van der Waals surface area contributed by atoms with Gasteiger partial charge in [0.2, 0.25) is 0 Å². The average molecular weight is 224 g/mol. The van der Waals surface area contributed by atoms with E-state index in [-0.39, 0.29) is 5.91 Å². The van der Waals surface area contributed by atoms with Crippen LogP contribution in [-0.2, 0) is 6.54 Å². The van der Waals surface area contributed by atoms with Crippen molar-refractivity contribution in [3.63, 3.8) is 0 Å². The third kappa shape index (κ3) is 3.34. The lowest BCUT2D eigenvalue weighted by Gasteiger charge is -2.10. The van der Waals surface area contributed by atoms with Gasteiger partial charge < -0.3 is 10.2 Å². The number of hydrogen-bond donors (Lipinski definition) is 1. The first-order chi connectivity index (χ1) is 7.54. The highest BCUT2D eigenvalue weighted by Crippen LogP contribution is 2.03. The highest BCUT2D eigenvalue weighted by Gasteiger charge is 2.12. The molecule has 0 aliphatic carbocycles. The minimum absolute atomic E-state index is 0.0516. The van der Waals surface area contributed by atoms with Crippen LogP contribution in [-0.4, -0.2) is 47.8 Å². The fraction of sp³-hybridized carbons (Fsp3) is 0.636. The Kier molecular flexibility index (Phi) is 4.49. The van der Waals surface area contributed by atoms with Crippen LogP contribution in [0.15, 0.2) is 6.07 Å². The highest BCUT2D eigenvalue weighted by atomic mass is 16.2. The number of carbonyl (C=O) groups is 1. The first-order valence-electron chi connectivity index (χ1n) is 5.52. The predicted molar refractivity (Wildman–Crippen MR) is 63.5 cm³/mol. The number of carbonyl (C=O) groups excluding carboxylic acids is 1. The van der Waals surface area contributed by atoms with E-state index < -0.39 is 0 Å². The summed E-state index contributed by atoms with van der Waals surface area (Å²) in [6, 6.07) is 1.81. The van der Waals surface area contributed by atoms with Gasteiger partial charge in [0.05, 0.1) is 5.69 Å². The number of likely N-dealkylation sites (N-methyl/N-ethyl adjacent to an activating group) is 1. The molecule has 0 bridgehead atoms. The largest absolute Gasteiger partial charge is 0.349 e. The molecule has 0 fully saturated rings. The summed E-state index contributed by atoms with van der Waals surface area (Å²) in [5.41, 5.74) is 1.51. The zero-order valence-corrected chi connectivity index (χ0v) is 10.4. The van der Waals surface area contributed by atoms with Crippen LogP contribution in [0.25, 0.3) is 0 Å². The van der Waals surface area contributed by atoms with Gasteiger partial charge in [-0.1, -0.05) is 0 Å². The molecule has 0 aliphatic rings. The zero-order valence-electron chi connectivity index (χ0n) is 10.4. The molecule has 0 saturated carbocycles. The summed E-state index contributed by atoms with van der Waals surface area (Å²) in [5.74, 6) is -0.0516. The Balaban J connectivity index is 2.58. The van der Waals surface area contributed by atoms with Crippen LogP contribution in [0.3, 0.4) is 0 Å². The molecule has 1 N–H and O–H groups in total. The van der Waals surface area contributed by atoms with Crippen molar-refractivity contribution >= 4 is 5.91 Å². The Labute approximate surface area is 96.4 Å². The quantitative estimate of drug-likeness (QED) is 0.792. The van der Waals surface area contributed by atoms with E-state index in [1.165, 1.54) is 0 Å². The Morgan fingerprint density at radius 1 is 1.56 bits per heavy atom. The molecular formula is C11H20N4O. The molecule has 0 radical (unpaired) electrons. The molecular weight excluding hydrogens is 204 g/mol. The normalized spacial score (nSPS) is 10.8. The SMILES string of the molecule is CCn1nc(C)cc1C(=O)NCCN(C)C. The molecule has 1 rings (SSSR count). The predicted octanol–water partition coefficient (Wildman–Crippen LogP) is 0.503. The summed E-state index contributed by atoms with van der Waals surface area (Å²) in [7, 11) is 3.96. The van der Waals surface area contributed by atoms with Crippen LogP contribution < -0.4 is 5.32 Å². The van der Waals surface area contributed by atoms with Crippen molar-refractivity contribution in [2.75, 3.05) is 27.2 Å². The fourth-order valence-electron chi connectivity index (χ4n) is 1.45. The minimum Gasteiger partial charge on any atom is -0.349 e. The average Bonchev–Trinajstić information content (AvgIpc) is 2.59. The number of nitrogens with one attached hydrogen (secondary N) is 1. The van der Waals surface area contributed by atoms with Crippen molar-refractivity contribution in [1.82, 2.24) is 20.0 Å². The maximum atomic E-state index is 11.8. The van der Waals surface area contributed by atoms with E-state index in [1.807, 2.05) is 38.9 Å². The van der Waals surface area contributed by atoms with E-state index in [2.05, 4.69) is 10.4 Å². The van der Waals surface area contributed by atoms with Gasteiger partial charge in [0.25, 0.3) is 5.91 Å². The van der Waals surface area contributed by atoms with Gasteiger partial charge in [-0.05, 0) is 34.0 Å². The number of hydrogen-bond acceptors (Lipinski definition) is 3. The molecule has 0 unspecified atom stereocenters. The van der Waals surface area contributed by atoms with Gasteiger partial charge >= 0.3 is 0 Å². The molecule has 5 nitrogen and oxygen atoms in total. The van der Waals surface area contributed by atoms with Crippen LogP contribution in [0.1, 0.15) is 23.1 Å². The number of nitrogens with zero attached hydrogens (tertiary/aromatic N) is 3. The number of aryl methyl sites for hydroxylation is 2. The Bertz CT molecular complexity index is 357. The fourth-order valence-corrected chi connectivity index (χ4v) is 1.45. The first-order valence-corrected chi connectivity index (χ1v) is 5.52. The van der Waals surface area contributed by atoms with Gasteiger partial charge in [0.15, 0.2) is 0 Å². The summed E-state index contributed by atoms with van der Waals surface area (Å²) in [6.07, 6.45) is 0. The van der Waals surface area contributed by atoms with Crippen molar-refractivity contribution in [3.8, 4) is 0 Å². The summed E-state index contributed by atoms with van der Waals surface area (Å²) < 4.78 is 1.72. The van der Waals surface area contributed by atoms with Crippen molar-refractivity contribution < 1.29 is 4.79 Å². The monoisotopic (exact) mass is 224 g/mol. The Hall–Kier alpha value is -1.36. The van der Waals surface area contributed by atoms with E-state index in [1.54, 1.807) is 4.68 Å². The van der Waals surface area contributed by atoms with Crippen molar-refractivity contribution in [2.45, 2.75) is 20.4 Å². The highest BCUT2D eigenvalue weighted by molar-refractivity contribution is 5.92. The van der Waals surface area contributed by atoms with E-state index in [0.717, 1.165) is 12.2 Å². The second-order valence-electron chi connectivity index (χ2n) is 4.05.